The molecule has 1 aliphatic carbocycles. The molecular formula is C21H25N3O5. The third-order valence-electron chi connectivity index (χ3n) is 7.00. The van der Waals surface area contributed by atoms with Crippen LogP contribution in [-0.4, -0.2) is 41.2 Å². The van der Waals surface area contributed by atoms with Gasteiger partial charge in [-0.15, -0.1) is 0 Å². The number of carbonyl (C=O) groups excluding carboxylic acids is 4. The van der Waals surface area contributed by atoms with E-state index in [0.29, 0.717) is 30.0 Å². The van der Waals surface area contributed by atoms with Gasteiger partial charge in [-0.3, -0.25) is 24.1 Å². The van der Waals surface area contributed by atoms with Gasteiger partial charge in [0.25, 0.3) is 5.91 Å². The molecule has 0 aromatic heterocycles. The monoisotopic (exact) mass is 399 g/mol. The minimum absolute atomic E-state index is 0.254. The topological polar surface area (TPSA) is 105 Å². The van der Waals surface area contributed by atoms with E-state index in [2.05, 4.69) is 10.6 Å². The number of nitrogens with one attached hydrogen (secondary N) is 2. The SMILES string of the molecule is CC1Oc2ccc(NC(=O)CN3C(=O)C4CCC(C)(C3=O)C4(C)C)cc2NC1=O. The van der Waals surface area contributed by atoms with E-state index in [9.17, 15) is 19.2 Å². The maximum atomic E-state index is 13.0. The van der Waals surface area contributed by atoms with Crippen molar-refractivity contribution in [2.24, 2.45) is 16.7 Å². The molecule has 3 aliphatic rings. The molecule has 8 heteroatoms. The van der Waals surface area contributed by atoms with Crippen LogP contribution in [0.1, 0.15) is 40.5 Å². The highest BCUT2D eigenvalue weighted by molar-refractivity contribution is 6.07. The summed E-state index contributed by atoms with van der Waals surface area (Å²) in [6.07, 6.45) is 0.728. The van der Waals surface area contributed by atoms with Gasteiger partial charge in [0.2, 0.25) is 17.7 Å². The molecule has 4 rings (SSSR count). The third-order valence-corrected chi connectivity index (χ3v) is 7.00. The fraction of sp³-hybridized carbons (Fsp3) is 0.524. The van der Waals surface area contributed by atoms with Gasteiger partial charge in [-0.05, 0) is 43.4 Å². The Balaban J connectivity index is 1.48. The molecule has 1 saturated heterocycles. The van der Waals surface area contributed by atoms with Gasteiger partial charge >= 0.3 is 0 Å². The first-order valence-electron chi connectivity index (χ1n) is 9.82. The Hall–Kier alpha value is -2.90. The van der Waals surface area contributed by atoms with E-state index in [-0.39, 0.29) is 30.2 Å². The molecule has 1 aromatic rings. The number of piperidine rings is 1. The summed E-state index contributed by atoms with van der Waals surface area (Å²) < 4.78 is 5.49. The molecule has 1 saturated carbocycles. The number of nitrogens with zero attached hydrogens (tertiary/aromatic N) is 1. The highest BCUT2D eigenvalue weighted by atomic mass is 16.5. The third kappa shape index (κ3) is 2.81. The summed E-state index contributed by atoms with van der Waals surface area (Å²) in [6.45, 7) is 7.14. The number of benzene rings is 1. The molecule has 8 nitrogen and oxygen atoms in total. The van der Waals surface area contributed by atoms with Crippen LogP contribution >= 0.6 is 0 Å². The van der Waals surface area contributed by atoms with E-state index < -0.39 is 22.8 Å². The first-order valence-corrected chi connectivity index (χ1v) is 9.82. The van der Waals surface area contributed by atoms with Gasteiger partial charge in [0.15, 0.2) is 6.10 Å². The van der Waals surface area contributed by atoms with Crippen molar-refractivity contribution in [3.63, 3.8) is 0 Å². The van der Waals surface area contributed by atoms with Crippen molar-refractivity contribution in [1.29, 1.82) is 0 Å². The first-order chi connectivity index (χ1) is 13.5. The summed E-state index contributed by atoms with van der Waals surface area (Å²) in [5.74, 6) is -1.02. The molecule has 0 radical (unpaired) electrons. The van der Waals surface area contributed by atoms with Crippen LogP contribution in [0.4, 0.5) is 11.4 Å². The summed E-state index contributed by atoms with van der Waals surface area (Å²) in [5, 5.41) is 5.42. The fourth-order valence-corrected chi connectivity index (χ4v) is 4.68. The van der Waals surface area contributed by atoms with Gasteiger partial charge in [0, 0.05) is 11.6 Å². The molecule has 2 heterocycles. The molecular weight excluding hydrogens is 374 g/mol. The largest absolute Gasteiger partial charge is 0.479 e. The zero-order chi connectivity index (χ0) is 21.1. The van der Waals surface area contributed by atoms with E-state index in [1.165, 1.54) is 0 Å². The van der Waals surface area contributed by atoms with Crippen LogP contribution in [0.15, 0.2) is 18.2 Å². The molecule has 2 N–H and O–H groups in total. The average Bonchev–Trinajstić information content (AvgIpc) is 2.84. The van der Waals surface area contributed by atoms with Crippen molar-refractivity contribution in [2.45, 2.75) is 46.6 Å². The first kappa shape index (κ1) is 19.4. The van der Waals surface area contributed by atoms with Crippen LogP contribution in [0.5, 0.6) is 5.75 Å². The lowest BCUT2D eigenvalue weighted by Gasteiger charge is -2.47. The molecule has 29 heavy (non-hydrogen) atoms. The van der Waals surface area contributed by atoms with Gasteiger partial charge in [0.05, 0.1) is 11.1 Å². The standard InChI is InChI=1S/C21H25N3O5/c1-11-17(26)23-14-9-12(5-6-15(14)29-11)22-16(25)10-24-18(27)13-7-8-21(4,19(24)28)20(13,2)3/h5-6,9,11,13H,7-8,10H2,1-4H3,(H,22,25)(H,23,26). The lowest BCUT2D eigenvalue weighted by atomic mass is 9.62. The van der Waals surface area contributed by atoms with Crippen LogP contribution in [0.25, 0.3) is 0 Å². The molecule has 154 valence electrons. The summed E-state index contributed by atoms with van der Waals surface area (Å²) >= 11 is 0. The molecule has 2 fully saturated rings. The molecule has 1 aromatic carbocycles. The molecule has 2 aliphatic heterocycles. The molecule has 3 atom stereocenters. The van der Waals surface area contributed by atoms with Crippen LogP contribution < -0.4 is 15.4 Å². The number of imide groups is 1. The summed E-state index contributed by atoms with van der Waals surface area (Å²) in [5.41, 5.74) is -0.153. The lowest BCUT2D eigenvalue weighted by molar-refractivity contribution is -0.168. The molecule has 4 amide bonds. The van der Waals surface area contributed by atoms with Crippen molar-refractivity contribution in [3.8, 4) is 5.75 Å². The highest BCUT2D eigenvalue weighted by Crippen LogP contribution is 2.59. The van der Waals surface area contributed by atoms with Crippen LogP contribution in [0.2, 0.25) is 0 Å². The number of hydrogen-bond acceptors (Lipinski definition) is 5. The number of anilines is 2. The van der Waals surface area contributed by atoms with Crippen LogP contribution in [0, 0.1) is 16.7 Å². The van der Waals surface area contributed by atoms with E-state index in [1.807, 2.05) is 20.8 Å². The van der Waals surface area contributed by atoms with Gasteiger partial charge < -0.3 is 15.4 Å². The zero-order valence-corrected chi connectivity index (χ0v) is 17.0. The molecule has 2 bridgehead atoms. The normalized spacial score (nSPS) is 29.8. The number of hydrogen-bond donors (Lipinski definition) is 2. The van der Waals surface area contributed by atoms with E-state index in [4.69, 9.17) is 4.74 Å². The second-order valence-electron chi connectivity index (χ2n) is 8.88. The Kier molecular flexibility index (Phi) is 4.22. The Bertz CT molecular complexity index is 940. The smallest absolute Gasteiger partial charge is 0.265 e. The summed E-state index contributed by atoms with van der Waals surface area (Å²) in [4.78, 5) is 51.3. The minimum atomic E-state index is -0.643. The second-order valence-corrected chi connectivity index (χ2v) is 8.88. The highest BCUT2D eigenvalue weighted by Gasteiger charge is 2.64. The van der Waals surface area contributed by atoms with E-state index >= 15 is 0 Å². The second kappa shape index (κ2) is 6.30. The summed E-state index contributed by atoms with van der Waals surface area (Å²) in [6, 6.07) is 4.89. The Morgan fingerprint density at radius 2 is 2.00 bits per heavy atom. The number of carbonyl (C=O) groups is 4. The Morgan fingerprint density at radius 3 is 2.72 bits per heavy atom. The Morgan fingerprint density at radius 1 is 1.28 bits per heavy atom. The van der Waals surface area contributed by atoms with Gasteiger partial charge in [-0.25, -0.2) is 0 Å². The van der Waals surface area contributed by atoms with Gasteiger partial charge in [0.1, 0.15) is 12.3 Å². The molecule has 3 unspecified atom stereocenters. The predicted molar refractivity (Wildman–Crippen MR) is 105 cm³/mol. The number of likely N-dealkylation sites (tertiary alicyclic amines) is 1. The van der Waals surface area contributed by atoms with Gasteiger partial charge in [-0.2, -0.15) is 0 Å². The van der Waals surface area contributed by atoms with Crippen molar-refractivity contribution in [3.05, 3.63) is 18.2 Å². The number of fused-ring (bicyclic) bond motifs is 3. The van der Waals surface area contributed by atoms with Crippen molar-refractivity contribution in [1.82, 2.24) is 4.90 Å². The average molecular weight is 399 g/mol. The predicted octanol–water partition coefficient (Wildman–Crippen LogP) is 2.16. The van der Waals surface area contributed by atoms with Crippen LogP contribution in [-0.2, 0) is 19.2 Å². The molecule has 0 spiro atoms. The fourth-order valence-electron chi connectivity index (χ4n) is 4.68. The number of amides is 4. The minimum Gasteiger partial charge on any atom is -0.479 e. The lowest BCUT2D eigenvalue weighted by Crippen LogP contribution is -2.60. The van der Waals surface area contributed by atoms with Gasteiger partial charge in [-0.1, -0.05) is 20.8 Å². The number of ether oxygens (including phenoxy) is 1. The Labute approximate surface area is 169 Å². The van der Waals surface area contributed by atoms with Crippen molar-refractivity contribution < 1.29 is 23.9 Å². The quantitative estimate of drug-likeness (QED) is 0.758. The van der Waals surface area contributed by atoms with Crippen molar-refractivity contribution in [2.75, 3.05) is 17.2 Å². The zero-order valence-electron chi connectivity index (χ0n) is 17.0. The van der Waals surface area contributed by atoms with E-state index in [0.717, 1.165) is 4.90 Å². The maximum Gasteiger partial charge on any atom is 0.265 e. The van der Waals surface area contributed by atoms with Crippen molar-refractivity contribution >= 4 is 35.0 Å². The summed E-state index contributed by atoms with van der Waals surface area (Å²) in [7, 11) is 0. The van der Waals surface area contributed by atoms with E-state index in [1.54, 1.807) is 25.1 Å². The van der Waals surface area contributed by atoms with Crippen LogP contribution in [0.3, 0.4) is 0 Å². The number of rotatable bonds is 3. The maximum absolute atomic E-state index is 13.0.